The molecular formula is C45H83NO7. The first kappa shape index (κ1) is 51.0. The summed E-state index contributed by atoms with van der Waals surface area (Å²) in [5, 5.41) is 9.52. The second-order valence-electron chi connectivity index (χ2n) is 14.1. The van der Waals surface area contributed by atoms with Crippen LogP contribution in [0.2, 0.25) is 0 Å². The minimum Gasteiger partial charge on any atom is -0.466 e. The third kappa shape index (κ3) is 39.5. The van der Waals surface area contributed by atoms with Crippen molar-refractivity contribution in [2.45, 2.75) is 188 Å². The molecule has 0 amide bonds. The lowest BCUT2D eigenvalue weighted by Gasteiger charge is -2.21. The van der Waals surface area contributed by atoms with Crippen LogP contribution in [0, 0.1) is 0 Å². The molecule has 8 nitrogen and oxygen atoms in total. The van der Waals surface area contributed by atoms with Crippen LogP contribution in [0.25, 0.3) is 0 Å². The van der Waals surface area contributed by atoms with E-state index in [2.05, 4.69) is 62.1 Å². The quantitative estimate of drug-likeness (QED) is 0.0286. The normalized spacial score (nSPS) is 12.0. The van der Waals surface area contributed by atoms with Gasteiger partial charge in [-0.25, -0.2) is 0 Å². The fourth-order valence-corrected chi connectivity index (χ4v) is 5.92. The number of allylic oxidation sites excluding steroid dienone is 6. The van der Waals surface area contributed by atoms with Crippen molar-refractivity contribution in [3.8, 4) is 0 Å². The summed E-state index contributed by atoms with van der Waals surface area (Å²) in [5.74, 6) is -0.236. The van der Waals surface area contributed by atoms with Gasteiger partial charge >= 0.3 is 11.9 Å². The number of unbranched alkanes of at least 4 members (excludes halogenated alkanes) is 14. The number of hydrogen-bond acceptors (Lipinski definition) is 8. The third-order valence-electron chi connectivity index (χ3n) is 9.11. The number of hydrogen-bond donors (Lipinski definition) is 1. The molecule has 0 radical (unpaired) electrons. The zero-order chi connectivity index (χ0) is 38.7. The summed E-state index contributed by atoms with van der Waals surface area (Å²) in [7, 11) is 0. The average molecular weight is 750 g/mol. The van der Waals surface area contributed by atoms with Gasteiger partial charge < -0.3 is 29.0 Å². The fourth-order valence-electron chi connectivity index (χ4n) is 5.92. The van der Waals surface area contributed by atoms with Crippen LogP contribution in [0.4, 0.5) is 0 Å². The van der Waals surface area contributed by atoms with E-state index in [-0.39, 0.29) is 24.8 Å². The minimum absolute atomic E-state index is 0.0582. The molecule has 0 aromatic rings. The topological polar surface area (TPSA) is 94.5 Å². The van der Waals surface area contributed by atoms with Crippen LogP contribution in [0.15, 0.2) is 36.5 Å². The van der Waals surface area contributed by atoms with Gasteiger partial charge in [-0.15, -0.1) is 0 Å². The van der Waals surface area contributed by atoms with Gasteiger partial charge in [0.25, 0.3) is 0 Å². The van der Waals surface area contributed by atoms with Crippen LogP contribution >= 0.6 is 0 Å². The highest BCUT2D eigenvalue weighted by Gasteiger charge is 2.13. The maximum Gasteiger partial charge on any atom is 0.305 e. The predicted molar refractivity (Wildman–Crippen MR) is 221 cm³/mol. The Morgan fingerprint density at radius 3 is 1.42 bits per heavy atom. The molecule has 0 aromatic carbocycles. The molecule has 0 aliphatic heterocycles. The molecule has 0 fully saturated rings. The monoisotopic (exact) mass is 750 g/mol. The number of rotatable bonds is 41. The van der Waals surface area contributed by atoms with E-state index in [0.29, 0.717) is 52.2 Å². The van der Waals surface area contributed by atoms with Crippen LogP contribution in [-0.4, -0.2) is 80.9 Å². The van der Waals surface area contributed by atoms with E-state index in [9.17, 15) is 14.7 Å². The summed E-state index contributed by atoms with van der Waals surface area (Å²) in [6.07, 6.45) is 37.5. The zero-order valence-electron chi connectivity index (χ0n) is 34.7. The van der Waals surface area contributed by atoms with E-state index in [1.807, 2.05) is 0 Å². The van der Waals surface area contributed by atoms with Crippen LogP contribution in [-0.2, 0) is 28.5 Å². The Bertz CT molecular complexity index is 851. The van der Waals surface area contributed by atoms with Crippen LogP contribution in [0.3, 0.4) is 0 Å². The highest BCUT2D eigenvalue weighted by atomic mass is 16.7. The first-order valence-corrected chi connectivity index (χ1v) is 21.9. The molecular weight excluding hydrogens is 666 g/mol. The maximum absolute atomic E-state index is 12.5. The van der Waals surface area contributed by atoms with Gasteiger partial charge in [0.05, 0.1) is 26.2 Å². The van der Waals surface area contributed by atoms with E-state index in [1.165, 1.54) is 0 Å². The highest BCUT2D eigenvalue weighted by molar-refractivity contribution is 5.69. The van der Waals surface area contributed by atoms with Crippen molar-refractivity contribution in [2.24, 2.45) is 0 Å². The molecule has 0 unspecified atom stereocenters. The van der Waals surface area contributed by atoms with Gasteiger partial charge in [-0.1, -0.05) is 89.3 Å². The molecule has 0 bridgehead atoms. The fraction of sp³-hybridized carbons (Fsp3) is 0.822. The minimum atomic E-state index is -0.361. The third-order valence-corrected chi connectivity index (χ3v) is 9.11. The van der Waals surface area contributed by atoms with Crippen molar-refractivity contribution in [2.75, 3.05) is 52.7 Å². The summed E-state index contributed by atoms with van der Waals surface area (Å²) < 4.78 is 23.0. The Kier molecular flexibility index (Phi) is 41.1. The lowest BCUT2D eigenvalue weighted by molar-refractivity contribution is -0.159. The lowest BCUT2D eigenvalue weighted by Crippen LogP contribution is -2.29. The largest absolute Gasteiger partial charge is 0.466 e. The summed E-state index contributed by atoms with van der Waals surface area (Å²) in [4.78, 5) is 26.8. The van der Waals surface area contributed by atoms with Crippen molar-refractivity contribution < 1.29 is 33.6 Å². The molecule has 0 saturated heterocycles. The molecule has 0 aliphatic rings. The Balaban J connectivity index is 4.00. The summed E-state index contributed by atoms with van der Waals surface area (Å²) in [6, 6.07) is 0. The number of aliphatic hydroxyl groups excluding tert-OH is 1. The predicted octanol–water partition coefficient (Wildman–Crippen LogP) is 11.2. The molecule has 0 heterocycles. The van der Waals surface area contributed by atoms with E-state index in [4.69, 9.17) is 18.9 Å². The van der Waals surface area contributed by atoms with Gasteiger partial charge in [0.2, 0.25) is 0 Å². The molecule has 0 aromatic heterocycles. The molecule has 0 atom stereocenters. The molecule has 310 valence electrons. The highest BCUT2D eigenvalue weighted by Crippen LogP contribution is 2.12. The Labute approximate surface area is 326 Å². The zero-order valence-corrected chi connectivity index (χ0v) is 34.7. The Hall–Kier alpha value is -2.00. The van der Waals surface area contributed by atoms with Gasteiger partial charge in [-0.05, 0) is 122 Å². The molecule has 0 saturated carbocycles. The molecule has 1 N–H and O–H groups in total. The number of aliphatic hydroxyl groups is 1. The standard InChI is InChI=1S/C45H83NO7/c1-4-7-10-13-16-23-28-39-50-43(48)32-25-18-17-19-26-35-46(37-38-47)36-27-20-24-29-40-51-44(49)33-34-45(52-41-30-21-14-11-8-5-2)53-42-31-22-15-12-9-6-3/h7-12,45,47H,4-6,13-42H2,1-3H3/b10-7-,11-8-,12-9-. The van der Waals surface area contributed by atoms with Crippen molar-refractivity contribution in [1.29, 1.82) is 0 Å². The van der Waals surface area contributed by atoms with E-state index in [0.717, 1.165) is 154 Å². The van der Waals surface area contributed by atoms with Crippen molar-refractivity contribution in [1.82, 2.24) is 4.90 Å². The van der Waals surface area contributed by atoms with Crippen LogP contribution < -0.4 is 0 Å². The summed E-state index contributed by atoms with van der Waals surface area (Å²) >= 11 is 0. The van der Waals surface area contributed by atoms with Crippen LogP contribution in [0.1, 0.15) is 181 Å². The molecule has 0 aliphatic carbocycles. The van der Waals surface area contributed by atoms with Gasteiger partial charge in [-0.2, -0.15) is 0 Å². The average Bonchev–Trinajstić information content (AvgIpc) is 3.15. The smallest absolute Gasteiger partial charge is 0.305 e. The van der Waals surface area contributed by atoms with Crippen molar-refractivity contribution in [3.63, 3.8) is 0 Å². The first-order valence-electron chi connectivity index (χ1n) is 21.9. The first-order chi connectivity index (χ1) is 26.1. The number of carbonyl (C=O) groups is 2. The van der Waals surface area contributed by atoms with Gasteiger partial charge in [-0.3, -0.25) is 9.59 Å². The van der Waals surface area contributed by atoms with Gasteiger partial charge in [0.1, 0.15) is 0 Å². The number of ether oxygens (including phenoxy) is 4. The lowest BCUT2D eigenvalue weighted by atomic mass is 10.1. The summed E-state index contributed by atoms with van der Waals surface area (Å²) in [6.45, 7) is 11.6. The van der Waals surface area contributed by atoms with E-state index < -0.39 is 0 Å². The van der Waals surface area contributed by atoms with E-state index >= 15 is 0 Å². The second-order valence-corrected chi connectivity index (χ2v) is 14.1. The Morgan fingerprint density at radius 1 is 0.491 bits per heavy atom. The van der Waals surface area contributed by atoms with Crippen LogP contribution in [0.5, 0.6) is 0 Å². The summed E-state index contributed by atoms with van der Waals surface area (Å²) in [5.41, 5.74) is 0. The van der Waals surface area contributed by atoms with Crippen molar-refractivity contribution in [3.05, 3.63) is 36.5 Å². The molecule has 53 heavy (non-hydrogen) atoms. The SMILES string of the molecule is CC/C=C\CCCCCOC(=O)CCCCCCCN(CCO)CCCCCCOC(=O)CCC(OCCCC/C=C\CC)OCCCC/C=C\CC. The van der Waals surface area contributed by atoms with Crippen molar-refractivity contribution >= 4 is 11.9 Å². The molecule has 0 rings (SSSR count). The maximum atomic E-state index is 12.5. The number of esters is 2. The number of nitrogens with zero attached hydrogens (tertiary/aromatic N) is 1. The van der Waals surface area contributed by atoms with Gasteiger partial charge in [0, 0.05) is 32.6 Å². The number of carbonyl (C=O) groups excluding carboxylic acids is 2. The molecule has 8 heteroatoms. The van der Waals surface area contributed by atoms with E-state index in [1.54, 1.807) is 0 Å². The molecule has 0 spiro atoms. The Morgan fingerprint density at radius 2 is 0.906 bits per heavy atom. The second kappa shape index (κ2) is 42.7. The van der Waals surface area contributed by atoms with Gasteiger partial charge in [0.15, 0.2) is 6.29 Å².